The van der Waals surface area contributed by atoms with Crippen molar-refractivity contribution in [1.82, 2.24) is 30.0 Å². The Morgan fingerprint density at radius 3 is 2.50 bits per heavy atom. The van der Waals surface area contributed by atoms with Crippen LogP contribution in [-0.4, -0.2) is 49.7 Å². The van der Waals surface area contributed by atoms with Gasteiger partial charge in [0.15, 0.2) is 5.65 Å². The second kappa shape index (κ2) is 7.21. The van der Waals surface area contributed by atoms with Crippen LogP contribution in [0.15, 0.2) is 24.3 Å². The van der Waals surface area contributed by atoms with E-state index in [0.717, 1.165) is 23.1 Å². The fourth-order valence-electron chi connectivity index (χ4n) is 3.12. The Balaban J connectivity index is 1.38. The first kappa shape index (κ1) is 18.4. The van der Waals surface area contributed by atoms with Crippen LogP contribution in [0.2, 0.25) is 0 Å². The lowest BCUT2D eigenvalue weighted by Crippen LogP contribution is -2.36. The lowest BCUT2D eigenvalue weighted by Gasteiger charge is -2.32. The zero-order chi connectivity index (χ0) is 19.7. The second-order valence-electron chi connectivity index (χ2n) is 6.74. The van der Waals surface area contributed by atoms with Crippen molar-refractivity contribution >= 4 is 11.5 Å². The minimum Gasteiger partial charge on any atom is -0.476 e. The Hall–Kier alpha value is -2.98. The highest BCUT2D eigenvalue weighted by atomic mass is 19.4. The SMILES string of the molecule is Cc1ccc(OCC2CCN(c3ccc4nnc(C(F)(F)F)n4n3)CC2)nn1. The molecule has 28 heavy (non-hydrogen) atoms. The largest absolute Gasteiger partial charge is 0.476 e. The van der Waals surface area contributed by atoms with Crippen LogP contribution in [0.3, 0.4) is 0 Å². The molecule has 0 bridgehead atoms. The number of rotatable bonds is 4. The van der Waals surface area contributed by atoms with E-state index in [4.69, 9.17) is 4.74 Å². The van der Waals surface area contributed by atoms with Gasteiger partial charge in [0.1, 0.15) is 5.82 Å². The zero-order valence-corrected chi connectivity index (χ0v) is 15.1. The van der Waals surface area contributed by atoms with Gasteiger partial charge in [-0.25, -0.2) is 0 Å². The predicted molar refractivity (Wildman–Crippen MR) is 93.0 cm³/mol. The quantitative estimate of drug-likeness (QED) is 0.674. The van der Waals surface area contributed by atoms with Gasteiger partial charge in [0.05, 0.1) is 12.3 Å². The van der Waals surface area contributed by atoms with Crippen molar-refractivity contribution in [3.8, 4) is 5.88 Å². The summed E-state index contributed by atoms with van der Waals surface area (Å²) in [6.07, 6.45) is -2.92. The maximum atomic E-state index is 13.0. The Kier molecular flexibility index (Phi) is 4.73. The highest BCUT2D eigenvalue weighted by molar-refractivity contribution is 5.46. The molecule has 148 valence electrons. The van der Waals surface area contributed by atoms with Crippen LogP contribution < -0.4 is 9.64 Å². The molecule has 3 aromatic heterocycles. The average Bonchev–Trinajstić information content (AvgIpc) is 3.12. The number of anilines is 1. The number of piperidine rings is 1. The molecule has 1 aliphatic rings. The number of ether oxygens (including phenoxy) is 1. The van der Waals surface area contributed by atoms with E-state index in [1.807, 2.05) is 17.9 Å². The third-order valence-corrected chi connectivity index (χ3v) is 4.68. The summed E-state index contributed by atoms with van der Waals surface area (Å²) < 4.78 is 45.5. The number of alkyl halides is 3. The normalized spacial score (nSPS) is 15.9. The van der Waals surface area contributed by atoms with Gasteiger partial charge in [-0.2, -0.15) is 22.8 Å². The zero-order valence-electron chi connectivity index (χ0n) is 15.1. The van der Waals surface area contributed by atoms with Gasteiger partial charge >= 0.3 is 6.18 Å². The van der Waals surface area contributed by atoms with Crippen LogP contribution >= 0.6 is 0 Å². The summed E-state index contributed by atoms with van der Waals surface area (Å²) >= 11 is 0. The molecule has 0 radical (unpaired) electrons. The molecule has 4 heterocycles. The van der Waals surface area contributed by atoms with E-state index >= 15 is 0 Å². The van der Waals surface area contributed by atoms with Crippen LogP contribution in [0, 0.1) is 12.8 Å². The van der Waals surface area contributed by atoms with E-state index in [2.05, 4.69) is 25.5 Å². The summed E-state index contributed by atoms with van der Waals surface area (Å²) in [7, 11) is 0. The smallest absolute Gasteiger partial charge is 0.453 e. The van der Waals surface area contributed by atoms with Crippen molar-refractivity contribution in [2.24, 2.45) is 5.92 Å². The number of hydrogen-bond donors (Lipinski definition) is 0. The first-order valence-corrected chi connectivity index (χ1v) is 8.88. The van der Waals surface area contributed by atoms with Gasteiger partial charge in [-0.1, -0.05) is 0 Å². The highest BCUT2D eigenvalue weighted by Crippen LogP contribution is 2.28. The molecule has 4 rings (SSSR count). The molecule has 0 aromatic carbocycles. The molecule has 0 N–H and O–H groups in total. The Morgan fingerprint density at radius 1 is 1.04 bits per heavy atom. The first-order valence-electron chi connectivity index (χ1n) is 8.88. The van der Waals surface area contributed by atoms with Gasteiger partial charge in [0.25, 0.3) is 5.82 Å². The summed E-state index contributed by atoms with van der Waals surface area (Å²) in [5.74, 6) is 0.185. The number of halogens is 3. The van der Waals surface area contributed by atoms with Crippen LogP contribution in [-0.2, 0) is 6.18 Å². The molecular formula is C17H18F3N7O. The van der Waals surface area contributed by atoms with Gasteiger partial charge in [0, 0.05) is 19.2 Å². The van der Waals surface area contributed by atoms with E-state index in [-0.39, 0.29) is 5.65 Å². The third kappa shape index (κ3) is 3.82. The predicted octanol–water partition coefficient (Wildman–Crippen LogP) is 2.54. The fourth-order valence-corrected chi connectivity index (χ4v) is 3.12. The number of aromatic nitrogens is 6. The number of nitrogens with zero attached hydrogens (tertiary/aromatic N) is 7. The van der Waals surface area contributed by atoms with Crippen LogP contribution in [0.1, 0.15) is 24.4 Å². The van der Waals surface area contributed by atoms with Crippen molar-refractivity contribution in [3.63, 3.8) is 0 Å². The molecule has 1 aliphatic heterocycles. The second-order valence-corrected chi connectivity index (χ2v) is 6.74. The van der Waals surface area contributed by atoms with Crippen molar-refractivity contribution in [2.45, 2.75) is 25.9 Å². The molecule has 0 atom stereocenters. The van der Waals surface area contributed by atoms with E-state index in [9.17, 15) is 13.2 Å². The van der Waals surface area contributed by atoms with E-state index < -0.39 is 12.0 Å². The lowest BCUT2D eigenvalue weighted by atomic mass is 9.98. The molecule has 11 heteroatoms. The Morgan fingerprint density at radius 2 is 1.82 bits per heavy atom. The molecule has 0 unspecified atom stereocenters. The van der Waals surface area contributed by atoms with Gasteiger partial charge in [0.2, 0.25) is 5.88 Å². The first-order chi connectivity index (χ1) is 13.4. The average molecular weight is 393 g/mol. The molecule has 1 saturated heterocycles. The maximum Gasteiger partial charge on any atom is 0.453 e. The Labute approximate surface area is 158 Å². The topological polar surface area (TPSA) is 81.3 Å². The molecule has 3 aromatic rings. The van der Waals surface area contributed by atoms with Crippen LogP contribution in [0.4, 0.5) is 19.0 Å². The molecule has 1 fully saturated rings. The van der Waals surface area contributed by atoms with Gasteiger partial charge in [-0.3, -0.25) is 0 Å². The van der Waals surface area contributed by atoms with E-state index in [0.29, 0.717) is 37.3 Å². The van der Waals surface area contributed by atoms with Crippen molar-refractivity contribution in [3.05, 3.63) is 35.8 Å². The third-order valence-electron chi connectivity index (χ3n) is 4.68. The number of aryl methyl sites for hydroxylation is 1. The van der Waals surface area contributed by atoms with Gasteiger partial charge in [-0.05, 0) is 43.9 Å². The standard InChI is InChI=1S/C17H18F3N7O/c1-11-2-5-15(23-21-11)28-10-12-6-8-26(9-7-12)14-4-3-13-22-24-16(17(18,19)20)27(13)25-14/h2-5,12H,6-10H2,1H3. The monoisotopic (exact) mass is 393 g/mol. The summed E-state index contributed by atoms with van der Waals surface area (Å²) in [4.78, 5) is 1.96. The van der Waals surface area contributed by atoms with Gasteiger partial charge in [-0.15, -0.1) is 20.4 Å². The van der Waals surface area contributed by atoms with Crippen molar-refractivity contribution in [1.29, 1.82) is 0 Å². The molecular weight excluding hydrogens is 375 g/mol. The van der Waals surface area contributed by atoms with E-state index in [1.54, 1.807) is 12.1 Å². The van der Waals surface area contributed by atoms with Crippen LogP contribution in [0.25, 0.3) is 5.65 Å². The van der Waals surface area contributed by atoms with Gasteiger partial charge < -0.3 is 9.64 Å². The molecule has 0 spiro atoms. The summed E-state index contributed by atoms with van der Waals surface area (Å²) in [5, 5.41) is 18.8. The number of fused-ring (bicyclic) bond motifs is 1. The number of hydrogen-bond acceptors (Lipinski definition) is 7. The minimum atomic E-state index is -4.60. The van der Waals surface area contributed by atoms with Crippen molar-refractivity contribution < 1.29 is 17.9 Å². The van der Waals surface area contributed by atoms with Crippen LogP contribution in [0.5, 0.6) is 5.88 Å². The highest BCUT2D eigenvalue weighted by Gasteiger charge is 2.37. The minimum absolute atomic E-state index is 0.0681. The van der Waals surface area contributed by atoms with E-state index in [1.165, 1.54) is 6.07 Å². The lowest BCUT2D eigenvalue weighted by molar-refractivity contribution is -0.146. The Bertz CT molecular complexity index is 950. The summed E-state index contributed by atoms with van der Waals surface area (Å²) in [6, 6.07) is 6.79. The maximum absolute atomic E-state index is 13.0. The fraction of sp³-hybridized carbons (Fsp3) is 0.471. The molecule has 0 aliphatic carbocycles. The molecule has 0 amide bonds. The summed E-state index contributed by atoms with van der Waals surface area (Å²) in [5.41, 5.74) is 0.894. The molecule has 8 nitrogen and oxygen atoms in total. The van der Waals surface area contributed by atoms with Crippen molar-refractivity contribution in [2.75, 3.05) is 24.6 Å². The summed E-state index contributed by atoms with van der Waals surface area (Å²) in [6.45, 7) is 3.74. The molecule has 0 saturated carbocycles.